The Morgan fingerprint density at radius 1 is 1.00 bits per heavy atom. The van der Waals surface area contributed by atoms with E-state index < -0.39 is 23.4 Å². The number of hydrogen-bond acceptors (Lipinski definition) is 3. The van der Waals surface area contributed by atoms with Crippen molar-refractivity contribution in [2.24, 2.45) is 17.8 Å². The van der Waals surface area contributed by atoms with Crippen LogP contribution in [0.4, 0.5) is 13.2 Å². The van der Waals surface area contributed by atoms with Gasteiger partial charge in [-0.05, 0) is 80.0 Å². The van der Waals surface area contributed by atoms with Gasteiger partial charge in [-0.15, -0.1) is 0 Å². The number of nitriles is 1. The molecule has 0 saturated heterocycles. The predicted molar refractivity (Wildman–Crippen MR) is 118 cm³/mol. The van der Waals surface area contributed by atoms with E-state index >= 15 is 8.78 Å². The fraction of sp³-hybridized carbons (Fsp3) is 0.481. The molecule has 3 nitrogen and oxygen atoms in total. The van der Waals surface area contributed by atoms with E-state index in [1.54, 1.807) is 6.07 Å². The third-order valence-electron chi connectivity index (χ3n) is 7.41. The summed E-state index contributed by atoms with van der Waals surface area (Å²) in [6.45, 7) is 2.22. The molecule has 4 atom stereocenters. The van der Waals surface area contributed by atoms with Crippen molar-refractivity contribution < 1.29 is 22.7 Å². The Morgan fingerprint density at radius 2 is 1.70 bits per heavy atom. The summed E-state index contributed by atoms with van der Waals surface area (Å²) >= 11 is 0. The van der Waals surface area contributed by atoms with Crippen LogP contribution in [-0.2, 0) is 0 Å². The molecule has 0 bridgehead atoms. The summed E-state index contributed by atoms with van der Waals surface area (Å²) in [5, 5.41) is 8.78. The highest BCUT2D eigenvalue weighted by Crippen LogP contribution is 2.49. The van der Waals surface area contributed by atoms with Crippen LogP contribution in [-0.4, -0.2) is 5.97 Å². The van der Waals surface area contributed by atoms with Gasteiger partial charge in [0.1, 0.15) is 29.3 Å². The first kappa shape index (κ1) is 23.4. The molecule has 0 aromatic heterocycles. The standard InChI is InChI=1S/C27H28F3NO2/c1-2-3-16-4-5-18-11-19(7-6-17(18)10-16)26-24(29)12-21(13-25(26)30)27(32)33-22-9-8-20(15-31)23(28)14-22/h8-9,12-14,16-19H,2-7,10-11H2,1H3. The first-order chi connectivity index (χ1) is 15.9. The van der Waals surface area contributed by atoms with Crippen molar-refractivity contribution in [1.29, 1.82) is 5.26 Å². The van der Waals surface area contributed by atoms with Gasteiger partial charge in [0.05, 0.1) is 11.1 Å². The first-order valence-corrected chi connectivity index (χ1v) is 11.8. The number of carbonyl (C=O) groups is 1. The third kappa shape index (κ3) is 5.08. The minimum atomic E-state index is -0.985. The smallest absolute Gasteiger partial charge is 0.343 e. The minimum Gasteiger partial charge on any atom is -0.423 e. The fourth-order valence-corrected chi connectivity index (χ4v) is 5.83. The molecule has 4 unspecified atom stereocenters. The van der Waals surface area contributed by atoms with Crippen LogP contribution in [0.1, 0.15) is 85.7 Å². The van der Waals surface area contributed by atoms with Crippen LogP contribution in [0.15, 0.2) is 30.3 Å². The van der Waals surface area contributed by atoms with Crippen LogP contribution in [0.2, 0.25) is 0 Å². The summed E-state index contributed by atoms with van der Waals surface area (Å²) in [6, 6.07) is 7.01. The van der Waals surface area contributed by atoms with Gasteiger partial charge in [0, 0.05) is 11.6 Å². The van der Waals surface area contributed by atoms with Gasteiger partial charge in [-0.25, -0.2) is 18.0 Å². The summed E-state index contributed by atoms with van der Waals surface area (Å²) in [4.78, 5) is 12.4. The van der Waals surface area contributed by atoms with Gasteiger partial charge >= 0.3 is 5.97 Å². The summed E-state index contributed by atoms with van der Waals surface area (Å²) in [6.07, 6.45) is 8.56. The molecule has 2 aliphatic carbocycles. The van der Waals surface area contributed by atoms with Crippen LogP contribution in [0.5, 0.6) is 5.75 Å². The average molecular weight is 456 g/mol. The van der Waals surface area contributed by atoms with Gasteiger partial charge in [-0.2, -0.15) is 5.26 Å². The molecule has 0 amide bonds. The SMILES string of the molecule is CCCC1CCC2CC(c3c(F)cc(C(=O)Oc4ccc(C#N)c(F)c4)cc3F)CCC2C1. The second-order valence-corrected chi connectivity index (χ2v) is 9.49. The van der Waals surface area contributed by atoms with Crippen LogP contribution in [0.25, 0.3) is 0 Å². The van der Waals surface area contributed by atoms with Gasteiger partial charge in [0.15, 0.2) is 0 Å². The molecular formula is C27H28F3NO2. The fourth-order valence-electron chi connectivity index (χ4n) is 5.83. The van der Waals surface area contributed by atoms with E-state index in [4.69, 9.17) is 10.00 Å². The number of carbonyl (C=O) groups excluding carboxylic acids is 1. The molecule has 2 fully saturated rings. The molecule has 4 rings (SSSR count). The highest BCUT2D eigenvalue weighted by atomic mass is 19.1. The maximum Gasteiger partial charge on any atom is 0.343 e. The molecule has 33 heavy (non-hydrogen) atoms. The van der Waals surface area contributed by atoms with E-state index in [1.807, 2.05) is 0 Å². The minimum absolute atomic E-state index is 0.0603. The molecule has 2 aliphatic rings. The van der Waals surface area contributed by atoms with Crippen LogP contribution < -0.4 is 4.74 Å². The first-order valence-electron chi connectivity index (χ1n) is 11.8. The quantitative estimate of drug-likeness (QED) is 0.351. The largest absolute Gasteiger partial charge is 0.423 e. The van der Waals surface area contributed by atoms with Gasteiger partial charge in [-0.1, -0.05) is 26.2 Å². The lowest BCUT2D eigenvalue weighted by Crippen LogP contribution is -2.31. The number of fused-ring (bicyclic) bond motifs is 1. The topological polar surface area (TPSA) is 50.1 Å². The van der Waals surface area contributed by atoms with Gasteiger partial charge < -0.3 is 4.74 Å². The summed E-state index contributed by atoms with van der Waals surface area (Å²) in [7, 11) is 0. The van der Waals surface area contributed by atoms with Crippen LogP contribution >= 0.6 is 0 Å². The molecule has 6 heteroatoms. The Balaban J connectivity index is 1.46. The van der Waals surface area contributed by atoms with E-state index in [0.717, 1.165) is 49.8 Å². The molecule has 2 aromatic carbocycles. The van der Waals surface area contributed by atoms with Gasteiger partial charge in [-0.3, -0.25) is 0 Å². The van der Waals surface area contributed by atoms with E-state index in [0.29, 0.717) is 11.8 Å². The summed E-state index contributed by atoms with van der Waals surface area (Å²) in [5.41, 5.74) is -0.401. The zero-order valence-corrected chi connectivity index (χ0v) is 18.8. The number of esters is 1. The zero-order chi connectivity index (χ0) is 23.5. The highest BCUT2D eigenvalue weighted by molar-refractivity contribution is 5.91. The van der Waals surface area contributed by atoms with E-state index in [1.165, 1.54) is 37.8 Å². The second-order valence-electron chi connectivity index (χ2n) is 9.49. The van der Waals surface area contributed by atoms with Crippen molar-refractivity contribution in [3.8, 4) is 11.8 Å². The Bertz CT molecular complexity index is 1050. The highest BCUT2D eigenvalue weighted by Gasteiger charge is 2.37. The number of benzene rings is 2. The lowest BCUT2D eigenvalue weighted by atomic mass is 9.63. The Kier molecular flexibility index (Phi) is 7.07. The number of nitrogens with zero attached hydrogens (tertiary/aromatic N) is 1. The Hall–Kier alpha value is -2.81. The molecule has 2 saturated carbocycles. The lowest BCUT2D eigenvalue weighted by Gasteiger charge is -2.42. The lowest BCUT2D eigenvalue weighted by molar-refractivity contribution is 0.0733. The maximum atomic E-state index is 15.0. The normalized spacial score (nSPS) is 24.6. The summed E-state index contributed by atoms with van der Waals surface area (Å²) < 4.78 is 48.8. The number of halogens is 3. The Morgan fingerprint density at radius 3 is 2.36 bits per heavy atom. The molecule has 0 N–H and O–H groups in total. The van der Waals surface area contributed by atoms with Crippen molar-refractivity contribution in [2.45, 2.75) is 64.2 Å². The summed E-state index contributed by atoms with van der Waals surface area (Å²) in [5.74, 6) is -1.68. The molecule has 0 aliphatic heterocycles. The van der Waals surface area contributed by atoms with Crippen molar-refractivity contribution in [3.63, 3.8) is 0 Å². The van der Waals surface area contributed by atoms with Crippen molar-refractivity contribution >= 4 is 5.97 Å². The average Bonchev–Trinajstić information content (AvgIpc) is 2.79. The molecule has 0 heterocycles. The van der Waals surface area contributed by atoms with Gasteiger partial charge in [0.25, 0.3) is 0 Å². The third-order valence-corrected chi connectivity index (χ3v) is 7.41. The number of ether oxygens (including phenoxy) is 1. The van der Waals surface area contributed by atoms with Crippen molar-refractivity contribution in [3.05, 3.63) is 64.5 Å². The monoisotopic (exact) mass is 455 g/mol. The van der Waals surface area contributed by atoms with Crippen LogP contribution in [0.3, 0.4) is 0 Å². The molecule has 0 spiro atoms. The van der Waals surface area contributed by atoms with E-state index in [2.05, 4.69) is 6.92 Å². The molecular weight excluding hydrogens is 427 g/mol. The second kappa shape index (κ2) is 9.99. The van der Waals surface area contributed by atoms with Gasteiger partial charge in [0.2, 0.25) is 0 Å². The number of hydrogen-bond donors (Lipinski definition) is 0. The van der Waals surface area contributed by atoms with Crippen LogP contribution in [0, 0.1) is 46.5 Å². The predicted octanol–water partition coefficient (Wildman–Crippen LogP) is 7.29. The molecule has 0 radical (unpaired) electrons. The zero-order valence-electron chi connectivity index (χ0n) is 18.8. The van der Waals surface area contributed by atoms with Crippen molar-refractivity contribution in [1.82, 2.24) is 0 Å². The maximum absolute atomic E-state index is 15.0. The number of rotatable bonds is 5. The molecule has 2 aromatic rings. The Labute approximate surface area is 192 Å². The van der Waals surface area contributed by atoms with E-state index in [9.17, 15) is 9.18 Å². The molecule has 174 valence electrons. The van der Waals surface area contributed by atoms with Crippen molar-refractivity contribution in [2.75, 3.05) is 0 Å². The van der Waals surface area contributed by atoms with E-state index in [-0.39, 0.29) is 28.4 Å².